The van der Waals surface area contributed by atoms with Gasteiger partial charge >= 0.3 is 0 Å². The molecule has 6 atom stereocenters. The van der Waals surface area contributed by atoms with Crippen molar-refractivity contribution in [3.63, 3.8) is 0 Å². The van der Waals surface area contributed by atoms with Crippen molar-refractivity contribution in [3.8, 4) is 0 Å². The van der Waals surface area contributed by atoms with E-state index in [9.17, 15) is 10.2 Å². The van der Waals surface area contributed by atoms with Crippen LogP contribution in [-0.4, -0.2) is 28.5 Å². The molecule has 2 fully saturated rings. The maximum atomic E-state index is 10.9. The summed E-state index contributed by atoms with van der Waals surface area (Å²) in [6, 6.07) is 0.159. The molecule has 0 aliphatic heterocycles. The molecule has 4 aliphatic carbocycles. The summed E-state index contributed by atoms with van der Waals surface area (Å²) in [5, 5.41) is 21.3. The van der Waals surface area contributed by atoms with Crippen LogP contribution in [0.25, 0.3) is 0 Å². The molecule has 0 aromatic heterocycles. The molecular formula is C19H29NO2. The molecule has 0 amide bonds. The van der Waals surface area contributed by atoms with Crippen molar-refractivity contribution in [1.29, 1.82) is 0 Å². The number of aliphatic hydroxyl groups excluding tert-OH is 2. The lowest BCUT2D eigenvalue weighted by molar-refractivity contribution is 0.0392. The fourth-order valence-corrected chi connectivity index (χ4v) is 5.96. The molecule has 4 rings (SSSR count). The number of fused-ring (bicyclic) bond motifs is 4. The van der Waals surface area contributed by atoms with Crippen molar-refractivity contribution in [1.82, 2.24) is 0 Å². The van der Waals surface area contributed by atoms with Crippen molar-refractivity contribution in [2.75, 3.05) is 0 Å². The Hall–Kier alpha value is -0.640. The first-order valence-corrected chi connectivity index (χ1v) is 8.92. The molecule has 4 aliphatic rings. The van der Waals surface area contributed by atoms with E-state index >= 15 is 0 Å². The van der Waals surface area contributed by atoms with Crippen LogP contribution in [0.2, 0.25) is 0 Å². The van der Waals surface area contributed by atoms with Crippen LogP contribution in [0.3, 0.4) is 0 Å². The molecule has 3 unspecified atom stereocenters. The minimum atomic E-state index is -0.366. The highest BCUT2D eigenvalue weighted by Gasteiger charge is 2.55. The third kappa shape index (κ3) is 1.79. The minimum Gasteiger partial charge on any atom is -0.392 e. The summed E-state index contributed by atoms with van der Waals surface area (Å²) >= 11 is 0. The summed E-state index contributed by atoms with van der Waals surface area (Å²) in [5.74, 6) is 0.448. The van der Waals surface area contributed by atoms with Crippen LogP contribution in [0.15, 0.2) is 22.8 Å². The van der Waals surface area contributed by atoms with Gasteiger partial charge in [-0.05, 0) is 61.9 Å². The lowest BCUT2D eigenvalue weighted by Crippen LogP contribution is -2.48. The van der Waals surface area contributed by atoms with E-state index in [4.69, 9.17) is 5.73 Å². The maximum Gasteiger partial charge on any atom is 0.0793 e. The molecule has 3 nitrogen and oxygen atoms in total. The molecule has 4 N–H and O–H groups in total. The first-order chi connectivity index (χ1) is 10.4. The van der Waals surface area contributed by atoms with Gasteiger partial charge in [0, 0.05) is 11.5 Å². The second-order valence-corrected chi connectivity index (χ2v) is 8.53. The van der Waals surface area contributed by atoms with E-state index < -0.39 is 0 Å². The van der Waals surface area contributed by atoms with Crippen LogP contribution >= 0.6 is 0 Å². The molecule has 0 bridgehead atoms. The minimum absolute atomic E-state index is 0.0878. The summed E-state index contributed by atoms with van der Waals surface area (Å²) < 4.78 is 0. The zero-order chi connectivity index (χ0) is 15.7. The molecule has 22 heavy (non-hydrogen) atoms. The molecule has 0 aromatic rings. The van der Waals surface area contributed by atoms with Crippen molar-refractivity contribution < 1.29 is 10.2 Å². The average molecular weight is 303 g/mol. The fraction of sp³-hybridized carbons (Fsp3) is 0.789. The summed E-state index contributed by atoms with van der Waals surface area (Å²) in [6.07, 6.45) is 8.53. The molecule has 122 valence electrons. The summed E-state index contributed by atoms with van der Waals surface area (Å²) in [7, 11) is 0. The van der Waals surface area contributed by atoms with Crippen LogP contribution in [0.5, 0.6) is 0 Å². The second-order valence-electron chi connectivity index (χ2n) is 8.53. The van der Waals surface area contributed by atoms with Crippen molar-refractivity contribution >= 4 is 0 Å². The van der Waals surface area contributed by atoms with Crippen LogP contribution in [0.1, 0.15) is 58.8 Å². The number of nitrogens with two attached hydrogens (primary N) is 1. The number of hydrogen-bond donors (Lipinski definition) is 3. The van der Waals surface area contributed by atoms with Crippen LogP contribution in [0.4, 0.5) is 0 Å². The van der Waals surface area contributed by atoms with Crippen molar-refractivity contribution in [2.45, 2.75) is 77.0 Å². The Morgan fingerprint density at radius 3 is 2.59 bits per heavy atom. The van der Waals surface area contributed by atoms with E-state index in [1.807, 2.05) is 0 Å². The first kappa shape index (κ1) is 14.9. The van der Waals surface area contributed by atoms with Crippen molar-refractivity contribution in [3.05, 3.63) is 22.8 Å². The normalized spacial score (nSPS) is 51.0. The lowest BCUT2D eigenvalue weighted by Gasteiger charge is -2.54. The number of aliphatic hydroxyl groups is 2. The fourth-order valence-electron chi connectivity index (χ4n) is 5.96. The highest BCUT2D eigenvalue weighted by atomic mass is 16.3. The smallest absolute Gasteiger partial charge is 0.0793 e. The quantitative estimate of drug-likeness (QED) is 0.603. The highest BCUT2D eigenvalue weighted by molar-refractivity contribution is 5.42. The van der Waals surface area contributed by atoms with Gasteiger partial charge in [-0.25, -0.2) is 0 Å². The van der Waals surface area contributed by atoms with E-state index in [1.54, 1.807) is 0 Å². The van der Waals surface area contributed by atoms with Gasteiger partial charge in [0.25, 0.3) is 0 Å². The van der Waals surface area contributed by atoms with E-state index in [2.05, 4.69) is 19.9 Å². The first-order valence-electron chi connectivity index (χ1n) is 8.92. The molecule has 0 radical (unpaired) electrons. The third-order valence-corrected chi connectivity index (χ3v) is 7.46. The van der Waals surface area contributed by atoms with E-state index in [-0.39, 0.29) is 29.1 Å². The van der Waals surface area contributed by atoms with Gasteiger partial charge in [0.05, 0.1) is 12.2 Å². The second kappa shape index (κ2) is 4.68. The van der Waals surface area contributed by atoms with Gasteiger partial charge in [0.1, 0.15) is 0 Å². The van der Waals surface area contributed by atoms with E-state index in [0.717, 1.165) is 44.9 Å². The Balaban J connectivity index is 1.83. The van der Waals surface area contributed by atoms with Crippen LogP contribution < -0.4 is 5.73 Å². The summed E-state index contributed by atoms with van der Waals surface area (Å²) in [5.41, 5.74) is 10.3. The monoisotopic (exact) mass is 303 g/mol. The van der Waals surface area contributed by atoms with Gasteiger partial charge in [-0.2, -0.15) is 0 Å². The van der Waals surface area contributed by atoms with Gasteiger partial charge in [-0.1, -0.05) is 31.1 Å². The maximum absolute atomic E-state index is 10.9. The van der Waals surface area contributed by atoms with Crippen LogP contribution in [-0.2, 0) is 0 Å². The average Bonchev–Trinajstić information content (AvgIpc) is 2.77. The van der Waals surface area contributed by atoms with Gasteiger partial charge in [-0.3, -0.25) is 0 Å². The van der Waals surface area contributed by atoms with E-state index in [0.29, 0.717) is 5.92 Å². The predicted octanol–water partition coefficient (Wildman–Crippen LogP) is 2.67. The molecule has 0 heterocycles. The molecule has 0 saturated heterocycles. The van der Waals surface area contributed by atoms with Gasteiger partial charge in [-0.15, -0.1) is 0 Å². The Labute approximate surface area is 133 Å². The van der Waals surface area contributed by atoms with Gasteiger partial charge < -0.3 is 15.9 Å². The zero-order valence-corrected chi connectivity index (χ0v) is 13.8. The Morgan fingerprint density at radius 2 is 1.82 bits per heavy atom. The Bertz CT molecular complexity index is 566. The predicted molar refractivity (Wildman–Crippen MR) is 87.1 cm³/mol. The molecule has 2 saturated carbocycles. The Morgan fingerprint density at radius 1 is 1.09 bits per heavy atom. The third-order valence-electron chi connectivity index (χ3n) is 7.46. The topological polar surface area (TPSA) is 66.5 Å². The van der Waals surface area contributed by atoms with Gasteiger partial charge in [0.2, 0.25) is 0 Å². The molecule has 3 heteroatoms. The SMILES string of the molecule is C[C@]12CC[C@@H]3C(=C1CCC2O)C(O)CC1=CC(N)CC[C@@]13C. The van der Waals surface area contributed by atoms with E-state index in [1.165, 1.54) is 16.7 Å². The van der Waals surface area contributed by atoms with Crippen LogP contribution in [0, 0.1) is 16.7 Å². The number of hydrogen-bond acceptors (Lipinski definition) is 3. The zero-order valence-electron chi connectivity index (χ0n) is 13.8. The number of rotatable bonds is 0. The van der Waals surface area contributed by atoms with Crippen molar-refractivity contribution in [2.24, 2.45) is 22.5 Å². The molecule has 0 aromatic carbocycles. The standard InChI is InChI=1S/C19H29NO2/c1-18-7-5-12(20)9-11(18)10-15(21)17-13-3-4-16(22)19(13,2)8-6-14(17)18/h9,12,14-16,21-22H,3-8,10,20H2,1-2H3/t12?,14-,15?,16?,18+,19+/m1/s1. The van der Waals surface area contributed by atoms with Gasteiger partial charge in [0.15, 0.2) is 0 Å². The summed E-state index contributed by atoms with van der Waals surface area (Å²) in [4.78, 5) is 0. The molecule has 0 spiro atoms. The Kier molecular flexibility index (Phi) is 3.18. The highest BCUT2D eigenvalue weighted by Crippen LogP contribution is 2.62. The molecular weight excluding hydrogens is 274 g/mol. The lowest BCUT2D eigenvalue weighted by atomic mass is 9.51. The largest absolute Gasteiger partial charge is 0.392 e. The summed E-state index contributed by atoms with van der Waals surface area (Å²) in [6.45, 7) is 4.59.